The van der Waals surface area contributed by atoms with Crippen LogP contribution in [0.15, 0.2) is 18.2 Å². The molecule has 0 saturated carbocycles. The van der Waals surface area contributed by atoms with Crippen molar-refractivity contribution in [1.82, 2.24) is 10.6 Å². The third-order valence-electron chi connectivity index (χ3n) is 4.04. The number of rotatable bonds is 3. The molecule has 1 aliphatic heterocycles. The Morgan fingerprint density at radius 1 is 1.33 bits per heavy atom. The van der Waals surface area contributed by atoms with Crippen LogP contribution in [0.2, 0.25) is 0 Å². The SMILES string of the molecule is CNC(=O)c1ccc(C)c(NC(=O)C2NCCCC2C)c1. The second-order valence-electron chi connectivity index (χ2n) is 5.65. The molecule has 1 aliphatic rings. The highest BCUT2D eigenvalue weighted by Crippen LogP contribution is 2.20. The van der Waals surface area contributed by atoms with Gasteiger partial charge >= 0.3 is 0 Å². The molecule has 1 fully saturated rings. The molecular formula is C16H23N3O2. The van der Waals surface area contributed by atoms with E-state index in [-0.39, 0.29) is 17.9 Å². The number of aryl methyl sites for hydroxylation is 1. The minimum atomic E-state index is -0.165. The van der Waals surface area contributed by atoms with E-state index in [1.54, 1.807) is 19.2 Å². The van der Waals surface area contributed by atoms with Gasteiger partial charge in [-0.15, -0.1) is 0 Å². The Kier molecular flexibility index (Phi) is 4.96. The van der Waals surface area contributed by atoms with E-state index >= 15 is 0 Å². The lowest BCUT2D eigenvalue weighted by Gasteiger charge is -2.29. The van der Waals surface area contributed by atoms with Crippen molar-refractivity contribution in [1.29, 1.82) is 0 Å². The number of piperidine rings is 1. The number of benzene rings is 1. The van der Waals surface area contributed by atoms with Crippen LogP contribution in [0.4, 0.5) is 5.69 Å². The molecule has 21 heavy (non-hydrogen) atoms. The van der Waals surface area contributed by atoms with E-state index in [4.69, 9.17) is 0 Å². The summed E-state index contributed by atoms with van der Waals surface area (Å²) in [6, 6.07) is 5.16. The Morgan fingerprint density at radius 2 is 2.10 bits per heavy atom. The Balaban J connectivity index is 2.14. The molecule has 1 aromatic carbocycles. The normalized spacial score (nSPS) is 21.7. The summed E-state index contributed by atoms with van der Waals surface area (Å²) in [5.74, 6) is 0.134. The highest BCUT2D eigenvalue weighted by Gasteiger charge is 2.27. The molecule has 2 atom stereocenters. The maximum absolute atomic E-state index is 12.4. The fraction of sp³-hybridized carbons (Fsp3) is 0.500. The molecule has 1 heterocycles. The third-order valence-corrected chi connectivity index (χ3v) is 4.04. The molecule has 1 saturated heterocycles. The maximum atomic E-state index is 12.4. The first kappa shape index (κ1) is 15.5. The van der Waals surface area contributed by atoms with E-state index in [1.165, 1.54) is 0 Å². The van der Waals surface area contributed by atoms with Gasteiger partial charge in [0.1, 0.15) is 0 Å². The molecule has 2 unspecified atom stereocenters. The van der Waals surface area contributed by atoms with Gasteiger partial charge in [-0.3, -0.25) is 9.59 Å². The highest BCUT2D eigenvalue weighted by molar-refractivity contribution is 5.99. The molecule has 0 aromatic heterocycles. The standard InChI is InChI=1S/C16H23N3O2/c1-10-6-7-12(15(20)17-3)9-13(10)19-16(21)14-11(2)5-4-8-18-14/h6-7,9,11,14,18H,4-5,8H2,1-3H3,(H,17,20)(H,19,21). The summed E-state index contributed by atoms with van der Waals surface area (Å²) in [6.45, 7) is 4.88. The van der Waals surface area contributed by atoms with E-state index < -0.39 is 0 Å². The Labute approximate surface area is 125 Å². The minimum absolute atomic E-state index is 0.0284. The summed E-state index contributed by atoms with van der Waals surface area (Å²) in [5.41, 5.74) is 2.18. The van der Waals surface area contributed by atoms with Gasteiger partial charge in [-0.05, 0) is 49.9 Å². The first-order valence-corrected chi connectivity index (χ1v) is 7.40. The Bertz CT molecular complexity index is 542. The van der Waals surface area contributed by atoms with Crippen molar-refractivity contribution in [3.63, 3.8) is 0 Å². The predicted octanol–water partition coefficient (Wildman–Crippen LogP) is 1.68. The smallest absolute Gasteiger partial charge is 0.251 e. The molecule has 0 radical (unpaired) electrons. The zero-order valence-corrected chi connectivity index (χ0v) is 12.8. The lowest BCUT2D eigenvalue weighted by Crippen LogP contribution is -2.48. The summed E-state index contributed by atoms with van der Waals surface area (Å²) < 4.78 is 0. The number of hydrogen-bond donors (Lipinski definition) is 3. The number of carbonyl (C=O) groups is 2. The van der Waals surface area contributed by atoms with E-state index in [9.17, 15) is 9.59 Å². The fourth-order valence-corrected chi connectivity index (χ4v) is 2.65. The fourth-order valence-electron chi connectivity index (χ4n) is 2.65. The largest absolute Gasteiger partial charge is 0.355 e. The van der Waals surface area contributed by atoms with Gasteiger partial charge in [0.05, 0.1) is 6.04 Å². The molecule has 0 spiro atoms. The molecule has 0 aliphatic carbocycles. The molecule has 3 N–H and O–H groups in total. The second-order valence-corrected chi connectivity index (χ2v) is 5.65. The monoisotopic (exact) mass is 289 g/mol. The van der Waals surface area contributed by atoms with Gasteiger partial charge in [0, 0.05) is 18.3 Å². The number of hydrogen-bond acceptors (Lipinski definition) is 3. The molecule has 2 rings (SSSR count). The summed E-state index contributed by atoms with van der Waals surface area (Å²) in [6.07, 6.45) is 2.17. The quantitative estimate of drug-likeness (QED) is 0.793. The van der Waals surface area contributed by atoms with Gasteiger partial charge in [0.15, 0.2) is 0 Å². The lowest BCUT2D eigenvalue weighted by atomic mass is 9.92. The van der Waals surface area contributed by atoms with Crippen molar-refractivity contribution in [2.45, 2.75) is 32.7 Å². The Morgan fingerprint density at radius 3 is 2.76 bits per heavy atom. The summed E-state index contributed by atoms with van der Waals surface area (Å²) in [5, 5.41) is 8.80. The van der Waals surface area contributed by atoms with Crippen LogP contribution in [0.1, 0.15) is 35.7 Å². The lowest BCUT2D eigenvalue weighted by molar-refractivity contribution is -0.119. The van der Waals surface area contributed by atoms with Gasteiger partial charge in [0.2, 0.25) is 5.91 Å². The average molecular weight is 289 g/mol. The molecule has 1 aromatic rings. The number of nitrogens with one attached hydrogen (secondary N) is 3. The van der Waals surface area contributed by atoms with E-state index in [0.717, 1.165) is 24.9 Å². The molecule has 5 heteroatoms. The van der Waals surface area contributed by atoms with Crippen molar-refractivity contribution in [3.05, 3.63) is 29.3 Å². The minimum Gasteiger partial charge on any atom is -0.355 e. The zero-order valence-electron chi connectivity index (χ0n) is 12.8. The summed E-state index contributed by atoms with van der Waals surface area (Å²) in [4.78, 5) is 24.1. The summed E-state index contributed by atoms with van der Waals surface area (Å²) in [7, 11) is 1.59. The molecule has 114 valence electrons. The van der Waals surface area contributed by atoms with Crippen molar-refractivity contribution in [3.8, 4) is 0 Å². The van der Waals surface area contributed by atoms with Crippen LogP contribution < -0.4 is 16.0 Å². The van der Waals surface area contributed by atoms with Gasteiger partial charge < -0.3 is 16.0 Å². The van der Waals surface area contributed by atoms with Crippen molar-refractivity contribution >= 4 is 17.5 Å². The predicted molar refractivity (Wildman–Crippen MR) is 83.4 cm³/mol. The van der Waals surface area contributed by atoms with Crippen LogP contribution in [0, 0.1) is 12.8 Å². The van der Waals surface area contributed by atoms with Crippen LogP contribution >= 0.6 is 0 Å². The van der Waals surface area contributed by atoms with Crippen LogP contribution in [0.3, 0.4) is 0 Å². The zero-order chi connectivity index (χ0) is 15.4. The number of amides is 2. The van der Waals surface area contributed by atoms with E-state index in [1.807, 2.05) is 13.0 Å². The number of anilines is 1. The van der Waals surface area contributed by atoms with Gasteiger partial charge in [-0.1, -0.05) is 13.0 Å². The van der Waals surface area contributed by atoms with Crippen molar-refractivity contribution in [2.24, 2.45) is 5.92 Å². The van der Waals surface area contributed by atoms with Crippen molar-refractivity contribution < 1.29 is 9.59 Å². The van der Waals surface area contributed by atoms with Crippen molar-refractivity contribution in [2.75, 3.05) is 18.9 Å². The topological polar surface area (TPSA) is 70.2 Å². The maximum Gasteiger partial charge on any atom is 0.251 e. The van der Waals surface area contributed by atoms with E-state index in [2.05, 4.69) is 22.9 Å². The molecule has 5 nitrogen and oxygen atoms in total. The first-order chi connectivity index (χ1) is 10.0. The van der Waals surface area contributed by atoms with Crippen LogP contribution in [0.25, 0.3) is 0 Å². The number of carbonyl (C=O) groups excluding carboxylic acids is 2. The van der Waals surface area contributed by atoms with Crippen LogP contribution in [-0.4, -0.2) is 31.4 Å². The molecule has 2 amide bonds. The second kappa shape index (κ2) is 6.72. The molecule has 0 bridgehead atoms. The van der Waals surface area contributed by atoms with Gasteiger partial charge in [0.25, 0.3) is 5.91 Å². The summed E-state index contributed by atoms with van der Waals surface area (Å²) >= 11 is 0. The highest BCUT2D eigenvalue weighted by atomic mass is 16.2. The average Bonchev–Trinajstić information content (AvgIpc) is 2.49. The van der Waals surface area contributed by atoms with Gasteiger partial charge in [-0.2, -0.15) is 0 Å². The van der Waals surface area contributed by atoms with Crippen LogP contribution in [-0.2, 0) is 4.79 Å². The van der Waals surface area contributed by atoms with Crippen LogP contribution in [0.5, 0.6) is 0 Å². The van der Waals surface area contributed by atoms with E-state index in [0.29, 0.717) is 17.2 Å². The first-order valence-electron chi connectivity index (χ1n) is 7.40. The Hall–Kier alpha value is -1.88. The molecular weight excluding hydrogens is 266 g/mol. The third kappa shape index (κ3) is 3.61. The van der Waals surface area contributed by atoms with Gasteiger partial charge in [-0.25, -0.2) is 0 Å².